The predicted molar refractivity (Wildman–Crippen MR) is 67.4 cm³/mol. The summed E-state index contributed by atoms with van der Waals surface area (Å²) in [7, 11) is 0. The van der Waals surface area contributed by atoms with Crippen LogP contribution >= 0.6 is 11.3 Å². The number of rotatable bonds is 3. The molecule has 1 aromatic carbocycles. The van der Waals surface area contributed by atoms with Gasteiger partial charge in [0.25, 0.3) is 0 Å². The van der Waals surface area contributed by atoms with Crippen molar-refractivity contribution in [3.63, 3.8) is 0 Å². The van der Waals surface area contributed by atoms with Crippen molar-refractivity contribution in [2.45, 2.75) is 6.61 Å². The molecule has 0 saturated carbocycles. The quantitative estimate of drug-likeness (QED) is 0.662. The van der Waals surface area contributed by atoms with Crippen molar-refractivity contribution >= 4 is 33.2 Å². The van der Waals surface area contributed by atoms with E-state index in [0.717, 1.165) is 27.4 Å². The molecule has 3 N–H and O–H groups in total. The van der Waals surface area contributed by atoms with Gasteiger partial charge in [-0.2, -0.15) is 5.10 Å². The molecule has 0 aliphatic carbocycles. The number of anilines is 2. The molecule has 0 radical (unpaired) electrons. The monoisotopic (exact) mass is 246 g/mol. The molecule has 0 saturated heterocycles. The standard InChI is InChI=1S/C11H10N4OS/c16-6-7-1-2-9-8(5-7)10(15-14-9)13-11-12-3-4-17-11/h1-5,16H,6H2,(H2,12,13,14,15). The third kappa shape index (κ3) is 1.88. The summed E-state index contributed by atoms with van der Waals surface area (Å²) < 4.78 is 0. The smallest absolute Gasteiger partial charge is 0.188 e. The first kappa shape index (κ1) is 10.2. The van der Waals surface area contributed by atoms with E-state index in [1.807, 2.05) is 23.6 Å². The highest BCUT2D eigenvalue weighted by molar-refractivity contribution is 7.13. The maximum absolute atomic E-state index is 9.12. The van der Waals surface area contributed by atoms with Crippen molar-refractivity contribution in [1.82, 2.24) is 15.2 Å². The first-order valence-electron chi connectivity index (χ1n) is 5.11. The van der Waals surface area contributed by atoms with Gasteiger partial charge in [-0.15, -0.1) is 11.3 Å². The molecule has 0 fully saturated rings. The van der Waals surface area contributed by atoms with E-state index in [1.54, 1.807) is 6.20 Å². The number of nitrogens with zero attached hydrogens (tertiary/aromatic N) is 2. The van der Waals surface area contributed by atoms with Crippen molar-refractivity contribution in [3.05, 3.63) is 35.3 Å². The summed E-state index contributed by atoms with van der Waals surface area (Å²) in [5, 5.41) is 23.0. The average Bonchev–Trinajstić information content (AvgIpc) is 2.99. The highest BCUT2D eigenvalue weighted by atomic mass is 32.1. The minimum absolute atomic E-state index is 0.0256. The molecule has 86 valence electrons. The molecule has 17 heavy (non-hydrogen) atoms. The van der Waals surface area contributed by atoms with Gasteiger partial charge in [0, 0.05) is 17.0 Å². The van der Waals surface area contributed by atoms with Crippen LogP contribution in [0.2, 0.25) is 0 Å². The number of aliphatic hydroxyl groups excluding tert-OH is 1. The molecule has 0 bridgehead atoms. The fourth-order valence-electron chi connectivity index (χ4n) is 1.64. The third-order valence-electron chi connectivity index (χ3n) is 2.47. The molecule has 0 atom stereocenters. The topological polar surface area (TPSA) is 73.8 Å². The molecule has 0 aliphatic heterocycles. The van der Waals surface area contributed by atoms with E-state index in [4.69, 9.17) is 5.11 Å². The molecule has 6 heteroatoms. The summed E-state index contributed by atoms with van der Waals surface area (Å²) in [4.78, 5) is 4.14. The Kier molecular flexibility index (Phi) is 2.50. The van der Waals surface area contributed by atoms with Gasteiger partial charge in [-0.05, 0) is 17.7 Å². The van der Waals surface area contributed by atoms with Crippen LogP contribution in [0.15, 0.2) is 29.8 Å². The Morgan fingerprint density at radius 2 is 2.35 bits per heavy atom. The zero-order chi connectivity index (χ0) is 11.7. The highest BCUT2D eigenvalue weighted by Crippen LogP contribution is 2.25. The average molecular weight is 246 g/mol. The summed E-state index contributed by atoms with van der Waals surface area (Å²) >= 11 is 1.51. The van der Waals surface area contributed by atoms with E-state index in [0.29, 0.717) is 0 Å². The van der Waals surface area contributed by atoms with Gasteiger partial charge in [0.2, 0.25) is 0 Å². The van der Waals surface area contributed by atoms with E-state index < -0.39 is 0 Å². The second kappa shape index (κ2) is 4.15. The number of aromatic nitrogens is 3. The fraction of sp³-hybridized carbons (Fsp3) is 0.0909. The van der Waals surface area contributed by atoms with Crippen LogP contribution in [0.25, 0.3) is 10.9 Å². The van der Waals surface area contributed by atoms with E-state index in [9.17, 15) is 0 Å². The molecule has 0 spiro atoms. The van der Waals surface area contributed by atoms with Gasteiger partial charge in [-0.3, -0.25) is 5.10 Å². The molecule has 3 rings (SSSR count). The third-order valence-corrected chi connectivity index (χ3v) is 3.16. The minimum Gasteiger partial charge on any atom is -0.392 e. The zero-order valence-corrected chi connectivity index (χ0v) is 9.66. The van der Waals surface area contributed by atoms with Crippen LogP contribution < -0.4 is 5.32 Å². The lowest BCUT2D eigenvalue weighted by Gasteiger charge is -1.99. The van der Waals surface area contributed by atoms with E-state index in [-0.39, 0.29) is 6.61 Å². The summed E-state index contributed by atoms with van der Waals surface area (Å²) in [5.74, 6) is 0.727. The lowest BCUT2D eigenvalue weighted by atomic mass is 10.1. The Hall–Kier alpha value is -1.92. The predicted octanol–water partition coefficient (Wildman–Crippen LogP) is 2.26. The number of aliphatic hydroxyl groups is 1. The number of hydrogen-bond donors (Lipinski definition) is 3. The normalized spacial score (nSPS) is 10.9. The lowest BCUT2D eigenvalue weighted by Crippen LogP contribution is -1.90. The van der Waals surface area contributed by atoms with Crippen molar-refractivity contribution < 1.29 is 5.11 Å². The lowest BCUT2D eigenvalue weighted by molar-refractivity contribution is 0.282. The Balaban J connectivity index is 2.04. The Morgan fingerprint density at radius 1 is 1.41 bits per heavy atom. The molecular weight excluding hydrogens is 236 g/mol. The minimum atomic E-state index is 0.0256. The van der Waals surface area contributed by atoms with Crippen LogP contribution in [0.1, 0.15) is 5.56 Å². The molecule has 0 aliphatic rings. The molecule has 0 amide bonds. The number of benzene rings is 1. The van der Waals surface area contributed by atoms with Gasteiger partial charge in [-0.25, -0.2) is 4.98 Å². The second-order valence-electron chi connectivity index (χ2n) is 3.57. The molecular formula is C11H10N4OS. The van der Waals surface area contributed by atoms with Gasteiger partial charge >= 0.3 is 0 Å². The van der Waals surface area contributed by atoms with E-state index >= 15 is 0 Å². The molecule has 5 nitrogen and oxygen atoms in total. The largest absolute Gasteiger partial charge is 0.392 e. The summed E-state index contributed by atoms with van der Waals surface area (Å²) in [6, 6.07) is 5.68. The van der Waals surface area contributed by atoms with Gasteiger partial charge < -0.3 is 10.4 Å². The van der Waals surface area contributed by atoms with Crippen LogP contribution in [0.3, 0.4) is 0 Å². The summed E-state index contributed by atoms with van der Waals surface area (Å²) in [5.41, 5.74) is 1.79. The van der Waals surface area contributed by atoms with E-state index in [1.165, 1.54) is 11.3 Å². The first-order valence-corrected chi connectivity index (χ1v) is 5.99. The summed E-state index contributed by atoms with van der Waals surface area (Å²) in [6.45, 7) is 0.0256. The molecule has 0 unspecified atom stereocenters. The van der Waals surface area contributed by atoms with Crippen molar-refractivity contribution in [1.29, 1.82) is 0 Å². The van der Waals surface area contributed by atoms with Gasteiger partial charge in [0.15, 0.2) is 10.9 Å². The number of aromatic amines is 1. The van der Waals surface area contributed by atoms with Crippen LogP contribution in [0.4, 0.5) is 10.9 Å². The first-order chi connectivity index (χ1) is 8.36. The van der Waals surface area contributed by atoms with Gasteiger partial charge in [0.05, 0.1) is 12.1 Å². The summed E-state index contributed by atoms with van der Waals surface area (Å²) in [6.07, 6.45) is 1.74. The second-order valence-corrected chi connectivity index (χ2v) is 4.47. The van der Waals surface area contributed by atoms with E-state index in [2.05, 4.69) is 20.5 Å². The Bertz CT molecular complexity index is 632. The van der Waals surface area contributed by atoms with Gasteiger partial charge in [-0.1, -0.05) is 6.07 Å². The van der Waals surface area contributed by atoms with Crippen LogP contribution in [-0.4, -0.2) is 20.3 Å². The van der Waals surface area contributed by atoms with Crippen LogP contribution in [-0.2, 0) is 6.61 Å². The van der Waals surface area contributed by atoms with Crippen molar-refractivity contribution in [3.8, 4) is 0 Å². The fourth-order valence-corrected chi connectivity index (χ4v) is 2.17. The Labute approximate surface area is 101 Å². The highest BCUT2D eigenvalue weighted by Gasteiger charge is 2.07. The maximum Gasteiger partial charge on any atom is 0.188 e. The SMILES string of the molecule is OCc1ccc2[nH]nc(Nc3nccs3)c2c1. The number of fused-ring (bicyclic) bond motifs is 1. The van der Waals surface area contributed by atoms with Crippen molar-refractivity contribution in [2.24, 2.45) is 0 Å². The zero-order valence-electron chi connectivity index (χ0n) is 8.84. The van der Waals surface area contributed by atoms with Crippen LogP contribution in [0.5, 0.6) is 0 Å². The number of nitrogens with one attached hydrogen (secondary N) is 2. The maximum atomic E-state index is 9.12. The molecule has 3 aromatic rings. The number of H-pyrrole nitrogens is 1. The number of hydrogen-bond acceptors (Lipinski definition) is 5. The van der Waals surface area contributed by atoms with Gasteiger partial charge in [0.1, 0.15) is 0 Å². The number of thiazole rings is 1. The van der Waals surface area contributed by atoms with Crippen molar-refractivity contribution in [2.75, 3.05) is 5.32 Å². The Morgan fingerprint density at radius 3 is 3.12 bits per heavy atom. The molecule has 2 heterocycles. The molecule has 2 aromatic heterocycles. The van der Waals surface area contributed by atoms with Crippen LogP contribution in [0, 0.1) is 0 Å².